The summed E-state index contributed by atoms with van der Waals surface area (Å²) in [5.41, 5.74) is 7.32. The average molecular weight is 220 g/mol. The quantitative estimate of drug-likeness (QED) is 0.793. The molecule has 3 N–H and O–H groups in total. The minimum atomic E-state index is -0.692. The molecule has 0 saturated heterocycles. The van der Waals surface area contributed by atoms with E-state index in [0.717, 1.165) is 11.1 Å². The van der Waals surface area contributed by atoms with Gasteiger partial charge in [0, 0.05) is 11.6 Å². The summed E-state index contributed by atoms with van der Waals surface area (Å²) < 4.78 is 5.41. The highest BCUT2D eigenvalue weighted by Gasteiger charge is 2.20. The number of benzene rings is 1. The summed E-state index contributed by atoms with van der Waals surface area (Å²) in [7, 11) is 0. The minimum Gasteiger partial charge on any atom is -0.476 e. The van der Waals surface area contributed by atoms with Gasteiger partial charge >= 0.3 is 0 Å². The minimum absolute atomic E-state index is 0.317. The molecule has 86 valence electrons. The molecule has 0 aliphatic carbocycles. The first-order valence-corrected chi connectivity index (χ1v) is 5.40. The fourth-order valence-electron chi connectivity index (χ4n) is 1.73. The summed E-state index contributed by atoms with van der Waals surface area (Å²) in [5, 5.41) is 10.0. The van der Waals surface area contributed by atoms with Crippen LogP contribution in [-0.4, -0.2) is 30.2 Å². The highest BCUT2D eigenvalue weighted by molar-refractivity contribution is 5.96. The van der Waals surface area contributed by atoms with Crippen LogP contribution in [0.5, 0.6) is 0 Å². The van der Waals surface area contributed by atoms with Gasteiger partial charge in [0.25, 0.3) is 0 Å². The SMILES string of the molecule is CC(N)C(O)c1ccccc1C1=NCCO1. The largest absolute Gasteiger partial charge is 0.476 e. The van der Waals surface area contributed by atoms with Crippen molar-refractivity contribution in [3.8, 4) is 0 Å². The van der Waals surface area contributed by atoms with Crippen molar-refractivity contribution in [2.45, 2.75) is 19.1 Å². The summed E-state index contributed by atoms with van der Waals surface area (Å²) in [4.78, 5) is 4.25. The Morgan fingerprint density at radius 2 is 2.19 bits per heavy atom. The first-order chi connectivity index (χ1) is 7.70. The molecule has 1 heterocycles. The maximum absolute atomic E-state index is 10.0. The van der Waals surface area contributed by atoms with Crippen molar-refractivity contribution in [2.24, 2.45) is 10.7 Å². The molecule has 0 amide bonds. The number of aliphatic hydroxyl groups excluding tert-OH is 1. The summed E-state index contributed by atoms with van der Waals surface area (Å²) in [5.74, 6) is 0.607. The lowest BCUT2D eigenvalue weighted by Gasteiger charge is -2.18. The molecule has 0 fully saturated rings. The van der Waals surface area contributed by atoms with E-state index >= 15 is 0 Å². The molecule has 1 aromatic rings. The number of aliphatic hydroxyl groups is 1. The van der Waals surface area contributed by atoms with E-state index in [2.05, 4.69) is 4.99 Å². The molecule has 16 heavy (non-hydrogen) atoms. The predicted octanol–water partition coefficient (Wildman–Crippen LogP) is 0.844. The van der Waals surface area contributed by atoms with E-state index in [1.807, 2.05) is 24.3 Å². The van der Waals surface area contributed by atoms with Crippen LogP contribution in [0.15, 0.2) is 29.3 Å². The Bertz CT molecular complexity index is 402. The molecule has 1 aliphatic rings. The molecule has 0 saturated carbocycles. The van der Waals surface area contributed by atoms with E-state index in [4.69, 9.17) is 10.5 Å². The molecule has 1 aliphatic heterocycles. The molecule has 0 spiro atoms. The zero-order valence-corrected chi connectivity index (χ0v) is 9.26. The molecule has 0 radical (unpaired) electrons. The predicted molar refractivity (Wildman–Crippen MR) is 62.4 cm³/mol. The van der Waals surface area contributed by atoms with Crippen molar-refractivity contribution in [3.63, 3.8) is 0 Å². The van der Waals surface area contributed by atoms with Gasteiger partial charge in [-0.3, -0.25) is 0 Å². The third-order valence-electron chi connectivity index (χ3n) is 2.59. The third kappa shape index (κ3) is 2.08. The van der Waals surface area contributed by atoms with Crippen molar-refractivity contribution in [3.05, 3.63) is 35.4 Å². The Hall–Kier alpha value is -1.39. The van der Waals surface area contributed by atoms with Crippen LogP contribution < -0.4 is 5.73 Å². The van der Waals surface area contributed by atoms with Crippen LogP contribution in [0.1, 0.15) is 24.2 Å². The Labute approximate surface area is 94.8 Å². The van der Waals surface area contributed by atoms with Crippen molar-refractivity contribution in [1.82, 2.24) is 0 Å². The van der Waals surface area contributed by atoms with Crippen molar-refractivity contribution in [2.75, 3.05) is 13.2 Å². The van der Waals surface area contributed by atoms with Crippen molar-refractivity contribution < 1.29 is 9.84 Å². The maximum Gasteiger partial charge on any atom is 0.216 e. The number of hydrogen-bond donors (Lipinski definition) is 2. The van der Waals surface area contributed by atoms with Gasteiger partial charge in [-0.15, -0.1) is 0 Å². The normalized spacial score (nSPS) is 18.8. The highest BCUT2D eigenvalue weighted by atomic mass is 16.5. The third-order valence-corrected chi connectivity index (χ3v) is 2.59. The topological polar surface area (TPSA) is 67.8 Å². The van der Waals surface area contributed by atoms with Crippen LogP contribution in [-0.2, 0) is 4.74 Å². The van der Waals surface area contributed by atoms with E-state index in [0.29, 0.717) is 19.0 Å². The Kier molecular flexibility index (Phi) is 3.22. The zero-order chi connectivity index (χ0) is 11.5. The number of nitrogens with two attached hydrogens (primary N) is 1. The van der Waals surface area contributed by atoms with E-state index < -0.39 is 6.10 Å². The van der Waals surface area contributed by atoms with Crippen LogP contribution in [0.3, 0.4) is 0 Å². The fraction of sp³-hybridized carbons (Fsp3) is 0.417. The lowest BCUT2D eigenvalue weighted by Crippen LogP contribution is -2.26. The molecule has 0 bridgehead atoms. The highest BCUT2D eigenvalue weighted by Crippen LogP contribution is 2.22. The van der Waals surface area contributed by atoms with Crippen LogP contribution in [0, 0.1) is 0 Å². The molecule has 4 nitrogen and oxygen atoms in total. The van der Waals surface area contributed by atoms with Gasteiger partial charge in [-0.05, 0) is 18.6 Å². The van der Waals surface area contributed by atoms with Gasteiger partial charge in [0.05, 0.1) is 12.6 Å². The summed E-state index contributed by atoms with van der Waals surface area (Å²) in [6, 6.07) is 7.21. The number of nitrogens with zero attached hydrogens (tertiary/aromatic N) is 1. The van der Waals surface area contributed by atoms with Gasteiger partial charge in [-0.25, -0.2) is 4.99 Å². The molecule has 1 aromatic carbocycles. The van der Waals surface area contributed by atoms with Crippen molar-refractivity contribution >= 4 is 5.90 Å². The van der Waals surface area contributed by atoms with E-state index in [1.54, 1.807) is 6.92 Å². The van der Waals surface area contributed by atoms with Crippen LogP contribution >= 0.6 is 0 Å². The van der Waals surface area contributed by atoms with E-state index in [1.165, 1.54) is 0 Å². The second kappa shape index (κ2) is 4.63. The molecule has 0 aromatic heterocycles. The number of rotatable bonds is 3. The first-order valence-electron chi connectivity index (χ1n) is 5.40. The summed E-state index contributed by atoms with van der Waals surface area (Å²) in [6.07, 6.45) is -0.692. The van der Waals surface area contributed by atoms with E-state index in [9.17, 15) is 5.11 Å². The summed E-state index contributed by atoms with van der Waals surface area (Å²) in [6.45, 7) is 3.06. The molecule has 2 atom stereocenters. The van der Waals surface area contributed by atoms with Crippen LogP contribution in [0.2, 0.25) is 0 Å². The lowest BCUT2D eigenvalue weighted by atomic mass is 9.98. The molecule has 2 rings (SSSR count). The Balaban J connectivity index is 2.37. The van der Waals surface area contributed by atoms with Crippen LogP contribution in [0.4, 0.5) is 0 Å². The molecule has 4 heteroatoms. The Morgan fingerprint density at radius 1 is 1.44 bits per heavy atom. The molecular formula is C12H16N2O2. The smallest absolute Gasteiger partial charge is 0.216 e. The van der Waals surface area contributed by atoms with Gasteiger partial charge < -0.3 is 15.6 Å². The van der Waals surface area contributed by atoms with Crippen LogP contribution in [0.25, 0.3) is 0 Å². The number of aliphatic imine (C=N–C) groups is 1. The monoisotopic (exact) mass is 220 g/mol. The molecule has 2 unspecified atom stereocenters. The van der Waals surface area contributed by atoms with Gasteiger partial charge in [-0.2, -0.15) is 0 Å². The number of hydrogen-bond acceptors (Lipinski definition) is 4. The summed E-state index contributed by atoms with van der Waals surface area (Å²) >= 11 is 0. The van der Waals surface area contributed by atoms with Crippen molar-refractivity contribution in [1.29, 1.82) is 0 Å². The average Bonchev–Trinajstić information content (AvgIpc) is 2.81. The number of ether oxygens (including phenoxy) is 1. The Morgan fingerprint density at radius 3 is 2.81 bits per heavy atom. The maximum atomic E-state index is 10.0. The molecular weight excluding hydrogens is 204 g/mol. The van der Waals surface area contributed by atoms with E-state index in [-0.39, 0.29) is 6.04 Å². The second-order valence-electron chi connectivity index (χ2n) is 3.93. The fourth-order valence-corrected chi connectivity index (χ4v) is 1.73. The first kappa shape index (κ1) is 11.1. The van der Waals surface area contributed by atoms with Gasteiger partial charge in [0.2, 0.25) is 5.90 Å². The van der Waals surface area contributed by atoms with Gasteiger partial charge in [0.15, 0.2) is 0 Å². The van der Waals surface area contributed by atoms with Gasteiger partial charge in [-0.1, -0.05) is 18.2 Å². The zero-order valence-electron chi connectivity index (χ0n) is 9.26. The standard InChI is InChI=1S/C12H16N2O2/c1-8(13)11(15)9-4-2-3-5-10(9)12-14-6-7-16-12/h2-5,8,11,15H,6-7,13H2,1H3. The van der Waals surface area contributed by atoms with Gasteiger partial charge in [0.1, 0.15) is 6.61 Å². The second-order valence-corrected chi connectivity index (χ2v) is 3.93. The lowest BCUT2D eigenvalue weighted by molar-refractivity contribution is 0.153.